The molecule has 5 heterocycles. The van der Waals surface area contributed by atoms with Gasteiger partial charge in [0.25, 0.3) is 0 Å². The number of imidazole rings is 1. The average molecular weight is 682 g/mol. The van der Waals surface area contributed by atoms with Crippen LogP contribution in [0.2, 0.25) is 0 Å². The summed E-state index contributed by atoms with van der Waals surface area (Å²) < 4.78 is 4.68. The molecule has 7 heteroatoms. The number of hydrogen-bond acceptors (Lipinski definition) is 5. The van der Waals surface area contributed by atoms with Crippen LogP contribution in [0.15, 0.2) is 177 Å². The molecule has 0 N–H and O–H groups in total. The smallest absolute Gasteiger partial charge is 0.147 e. The fourth-order valence-corrected chi connectivity index (χ4v) is 8.55. The van der Waals surface area contributed by atoms with Gasteiger partial charge in [-0.1, -0.05) is 103 Å². The number of pyridine rings is 1. The second-order valence-corrected chi connectivity index (χ2v) is 13.5. The summed E-state index contributed by atoms with van der Waals surface area (Å²) in [5.41, 5.74) is 12.2. The molecule has 4 aromatic heterocycles. The third kappa shape index (κ3) is 4.40. The fraction of sp³-hybridized carbons (Fsp3) is 0.0435. The minimum absolute atomic E-state index is 0.0233. The number of rotatable bonds is 5. The number of allylic oxidation sites excluding steroid dienone is 2. The van der Waals surface area contributed by atoms with Gasteiger partial charge in [-0.2, -0.15) is 0 Å². The average Bonchev–Trinajstić information content (AvgIpc) is 3.91. The minimum Gasteiger partial charge on any atom is -0.331 e. The van der Waals surface area contributed by atoms with E-state index in [1.165, 1.54) is 22.2 Å². The summed E-state index contributed by atoms with van der Waals surface area (Å²) in [5, 5.41) is 2.28. The second kappa shape index (κ2) is 11.7. The van der Waals surface area contributed by atoms with Crippen molar-refractivity contribution in [3.63, 3.8) is 0 Å². The summed E-state index contributed by atoms with van der Waals surface area (Å²) in [5.74, 6) is 1.61. The van der Waals surface area contributed by atoms with Gasteiger partial charge in [0, 0.05) is 57.8 Å². The van der Waals surface area contributed by atoms with Crippen molar-refractivity contribution in [3.8, 4) is 34.0 Å². The molecule has 1 aliphatic heterocycles. The van der Waals surface area contributed by atoms with Gasteiger partial charge in [0.1, 0.15) is 23.5 Å². The lowest BCUT2D eigenvalue weighted by Gasteiger charge is -2.29. The molecule has 0 bridgehead atoms. The lowest BCUT2D eigenvalue weighted by molar-refractivity contribution is 0.746. The van der Waals surface area contributed by atoms with Gasteiger partial charge in [0.2, 0.25) is 0 Å². The Bertz CT molecular complexity index is 2890. The molecule has 0 fully saturated rings. The van der Waals surface area contributed by atoms with Gasteiger partial charge in [-0.05, 0) is 59.7 Å². The van der Waals surface area contributed by atoms with E-state index in [1.54, 1.807) is 12.5 Å². The summed E-state index contributed by atoms with van der Waals surface area (Å²) in [7, 11) is 0. The fourth-order valence-electron chi connectivity index (χ4n) is 8.55. The molecule has 53 heavy (non-hydrogen) atoms. The number of anilines is 2. The molecule has 0 spiro atoms. The zero-order valence-electron chi connectivity index (χ0n) is 28.5. The molecule has 2 aliphatic rings. The predicted molar refractivity (Wildman–Crippen MR) is 213 cm³/mol. The largest absolute Gasteiger partial charge is 0.331 e. The van der Waals surface area contributed by atoms with E-state index in [0.29, 0.717) is 0 Å². The lowest BCUT2D eigenvalue weighted by Crippen LogP contribution is -2.28. The van der Waals surface area contributed by atoms with E-state index in [1.807, 2.05) is 30.6 Å². The Labute approximate surface area is 305 Å². The van der Waals surface area contributed by atoms with Gasteiger partial charge in [-0.25, -0.2) is 15.0 Å². The van der Waals surface area contributed by atoms with Crippen LogP contribution in [0.25, 0.3) is 66.9 Å². The van der Waals surface area contributed by atoms with Gasteiger partial charge >= 0.3 is 0 Å². The van der Waals surface area contributed by atoms with E-state index < -0.39 is 0 Å². The monoisotopic (exact) mass is 681 g/mol. The quantitative estimate of drug-likeness (QED) is 0.181. The lowest BCUT2D eigenvalue weighted by atomic mass is 9.89. The van der Waals surface area contributed by atoms with Gasteiger partial charge in [-0.15, -0.1) is 0 Å². The Morgan fingerprint density at radius 2 is 1.30 bits per heavy atom. The van der Waals surface area contributed by atoms with Gasteiger partial charge in [-0.3, -0.25) is 9.55 Å². The van der Waals surface area contributed by atoms with Crippen LogP contribution < -0.4 is 4.90 Å². The minimum atomic E-state index is 0.0233. The Balaban J connectivity index is 1.37. The predicted octanol–water partition coefficient (Wildman–Crippen LogP) is 10.4. The summed E-state index contributed by atoms with van der Waals surface area (Å²) in [6.07, 6.45) is 16.2. The van der Waals surface area contributed by atoms with Crippen LogP contribution in [0, 0.1) is 0 Å². The summed E-state index contributed by atoms with van der Waals surface area (Å²) >= 11 is 0. The SMILES string of the molecule is C1=CC2c3c(c4c(nc(-c5ccncc5)n4-c4ccncn4)c4c5ccccc5n(-c5ccccc5)c34)N(c3cccc(-c4ccccc4)c3)C2C=C1. The first-order valence-electron chi connectivity index (χ1n) is 17.9. The van der Waals surface area contributed by atoms with E-state index >= 15 is 0 Å². The number of nitrogens with zero attached hydrogens (tertiary/aromatic N) is 7. The summed E-state index contributed by atoms with van der Waals surface area (Å²) in [6, 6.07) is 45.0. The highest BCUT2D eigenvalue weighted by molar-refractivity contribution is 6.25. The Morgan fingerprint density at radius 1 is 0.566 bits per heavy atom. The molecule has 2 unspecified atom stereocenters. The Hall–Kier alpha value is -7.12. The molecule has 0 amide bonds. The van der Waals surface area contributed by atoms with E-state index in [4.69, 9.17) is 9.97 Å². The second-order valence-electron chi connectivity index (χ2n) is 13.5. The summed E-state index contributed by atoms with van der Waals surface area (Å²) in [6.45, 7) is 0. The molecular formula is C46H31N7. The molecule has 250 valence electrons. The van der Waals surface area contributed by atoms with Crippen LogP contribution in [-0.2, 0) is 0 Å². The number of fused-ring (bicyclic) bond motifs is 10. The van der Waals surface area contributed by atoms with Crippen molar-refractivity contribution < 1.29 is 0 Å². The molecule has 5 aromatic carbocycles. The highest BCUT2D eigenvalue weighted by atomic mass is 15.2. The zero-order chi connectivity index (χ0) is 34.9. The molecule has 7 nitrogen and oxygen atoms in total. The van der Waals surface area contributed by atoms with Crippen molar-refractivity contribution in [3.05, 3.63) is 182 Å². The van der Waals surface area contributed by atoms with Crippen LogP contribution in [0.4, 0.5) is 11.4 Å². The van der Waals surface area contributed by atoms with E-state index in [0.717, 1.165) is 61.6 Å². The standard InChI is InChI=1S/C46H31N7/c1-3-12-30(13-4-1)32-14-11-17-34(28-32)52-38-21-10-8-19-36(38)41-43-40(35-18-7-9-20-37(35)51(43)33-15-5-2-6-16-33)42-45(44(41)52)53(39-24-27-48-29-49-39)46(50-42)31-22-25-47-26-23-31/h1-29,36,38H. The third-order valence-corrected chi connectivity index (χ3v) is 10.7. The van der Waals surface area contributed by atoms with E-state index in [-0.39, 0.29) is 12.0 Å². The normalized spacial score (nSPS) is 16.1. The van der Waals surface area contributed by atoms with E-state index in [9.17, 15) is 0 Å². The molecule has 11 rings (SSSR count). The number of hydrogen-bond donors (Lipinski definition) is 0. The Morgan fingerprint density at radius 3 is 2.13 bits per heavy atom. The maximum atomic E-state index is 5.63. The molecule has 1 aliphatic carbocycles. The van der Waals surface area contributed by atoms with Crippen LogP contribution in [0.3, 0.4) is 0 Å². The number of para-hydroxylation sites is 2. The van der Waals surface area contributed by atoms with Crippen LogP contribution in [0.5, 0.6) is 0 Å². The van der Waals surface area contributed by atoms with Crippen LogP contribution in [0.1, 0.15) is 11.5 Å². The van der Waals surface area contributed by atoms with Crippen LogP contribution in [-0.4, -0.2) is 35.1 Å². The molecule has 9 aromatic rings. The van der Waals surface area contributed by atoms with Gasteiger partial charge in [0.15, 0.2) is 0 Å². The molecule has 0 radical (unpaired) electrons. The summed E-state index contributed by atoms with van der Waals surface area (Å²) in [4.78, 5) is 21.7. The van der Waals surface area contributed by atoms with Crippen molar-refractivity contribution in [2.45, 2.75) is 12.0 Å². The van der Waals surface area contributed by atoms with Crippen molar-refractivity contribution in [2.24, 2.45) is 0 Å². The van der Waals surface area contributed by atoms with Crippen molar-refractivity contribution in [1.82, 2.24) is 29.1 Å². The van der Waals surface area contributed by atoms with Gasteiger partial charge < -0.3 is 9.47 Å². The first-order valence-corrected chi connectivity index (χ1v) is 17.9. The Kier molecular flexibility index (Phi) is 6.54. The number of aromatic nitrogens is 6. The number of benzene rings is 5. The van der Waals surface area contributed by atoms with Crippen LogP contribution >= 0.6 is 0 Å². The molecule has 0 saturated carbocycles. The van der Waals surface area contributed by atoms with E-state index in [2.05, 4.69) is 158 Å². The highest BCUT2D eigenvalue weighted by Gasteiger charge is 2.43. The third-order valence-electron chi connectivity index (χ3n) is 10.7. The first-order chi connectivity index (χ1) is 26.3. The van der Waals surface area contributed by atoms with Gasteiger partial charge in [0.05, 0.1) is 28.3 Å². The highest BCUT2D eigenvalue weighted by Crippen LogP contribution is 2.57. The maximum Gasteiger partial charge on any atom is 0.147 e. The first kappa shape index (κ1) is 29.6. The molecule has 2 atom stereocenters. The molecule has 0 saturated heterocycles. The zero-order valence-corrected chi connectivity index (χ0v) is 28.5. The molecular weight excluding hydrogens is 651 g/mol. The van der Waals surface area contributed by atoms with Crippen molar-refractivity contribution in [2.75, 3.05) is 4.90 Å². The van der Waals surface area contributed by atoms with Crippen molar-refractivity contribution >= 4 is 44.2 Å². The maximum absolute atomic E-state index is 5.63. The van der Waals surface area contributed by atoms with Crippen molar-refractivity contribution in [1.29, 1.82) is 0 Å². The topological polar surface area (TPSA) is 64.7 Å².